The fourth-order valence-electron chi connectivity index (χ4n) is 2.48. The van der Waals surface area contributed by atoms with Crippen LogP contribution < -0.4 is 5.32 Å². The van der Waals surface area contributed by atoms with Crippen molar-refractivity contribution in [3.8, 4) is 5.69 Å². The molecule has 22 heavy (non-hydrogen) atoms. The molecular weight excluding hydrogens is 298 g/mol. The summed E-state index contributed by atoms with van der Waals surface area (Å²) >= 11 is 1.55. The summed E-state index contributed by atoms with van der Waals surface area (Å²) in [7, 11) is 0. The molecular formula is C15H13N5OS. The zero-order chi connectivity index (χ0) is 14.9. The summed E-state index contributed by atoms with van der Waals surface area (Å²) in [5.41, 5.74) is 2.26. The van der Waals surface area contributed by atoms with E-state index in [1.54, 1.807) is 22.2 Å². The molecule has 0 saturated carbocycles. The lowest BCUT2D eigenvalue weighted by atomic mass is 10.3. The molecule has 6 nitrogen and oxygen atoms in total. The van der Waals surface area contributed by atoms with Gasteiger partial charge in [0.05, 0.1) is 17.6 Å². The molecule has 7 heteroatoms. The molecule has 0 unspecified atom stereocenters. The third-order valence-corrected chi connectivity index (χ3v) is 4.64. The smallest absolute Gasteiger partial charge is 0.279 e. The van der Waals surface area contributed by atoms with Crippen molar-refractivity contribution in [3.63, 3.8) is 0 Å². The number of amides is 1. The van der Waals surface area contributed by atoms with Gasteiger partial charge in [-0.1, -0.05) is 23.4 Å². The number of anilines is 1. The minimum Gasteiger partial charge on any atom is -0.296 e. The first-order valence-corrected chi connectivity index (χ1v) is 7.89. The van der Waals surface area contributed by atoms with Crippen LogP contribution in [-0.4, -0.2) is 25.9 Å². The average molecular weight is 311 g/mol. The maximum absolute atomic E-state index is 12.2. The van der Waals surface area contributed by atoms with Crippen LogP contribution in [0.3, 0.4) is 0 Å². The van der Waals surface area contributed by atoms with Crippen LogP contribution in [-0.2, 0) is 12.8 Å². The Kier molecular flexibility index (Phi) is 3.19. The zero-order valence-electron chi connectivity index (χ0n) is 11.7. The van der Waals surface area contributed by atoms with Crippen molar-refractivity contribution in [2.24, 2.45) is 0 Å². The van der Waals surface area contributed by atoms with E-state index in [4.69, 9.17) is 0 Å². The van der Waals surface area contributed by atoms with Crippen molar-refractivity contribution in [2.75, 3.05) is 5.32 Å². The molecule has 0 spiro atoms. The zero-order valence-corrected chi connectivity index (χ0v) is 12.5. The Morgan fingerprint density at radius 2 is 2.09 bits per heavy atom. The molecule has 4 rings (SSSR count). The van der Waals surface area contributed by atoms with Gasteiger partial charge in [0.15, 0.2) is 10.8 Å². The van der Waals surface area contributed by atoms with E-state index in [1.165, 1.54) is 4.88 Å². The highest BCUT2D eigenvalue weighted by molar-refractivity contribution is 7.15. The maximum atomic E-state index is 12.2. The summed E-state index contributed by atoms with van der Waals surface area (Å²) in [6.07, 6.45) is 4.85. The van der Waals surface area contributed by atoms with Crippen LogP contribution in [0.5, 0.6) is 0 Å². The lowest BCUT2D eigenvalue weighted by Crippen LogP contribution is -2.12. The number of rotatable bonds is 3. The number of aromatic nitrogens is 4. The van der Waals surface area contributed by atoms with E-state index in [1.807, 2.05) is 30.3 Å². The second kappa shape index (κ2) is 5.34. The minimum atomic E-state index is -0.283. The number of benzene rings is 1. The topological polar surface area (TPSA) is 72.7 Å². The van der Waals surface area contributed by atoms with Crippen molar-refractivity contribution in [3.05, 3.63) is 52.8 Å². The Morgan fingerprint density at radius 3 is 2.91 bits per heavy atom. The summed E-state index contributed by atoms with van der Waals surface area (Å²) in [6.45, 7) is 0. The number of aryl methyl sites for hydroxylation is 2. The second-order valence-corrected chi connectivity index (χ2v) is 6.16. The molecule has 0 fully saturated rings. The molecule has 1 N–H and O–H groups in total. The molecule has 110 valence electrons. The largest absolute Gasteiger partial charge is 0.296 e. The van der Waals surface area contributed by atoms with Gasteiger partial charge in [0.25, 0.3) is 5.91 Å². The molecule has 0 saturated heterocycles. The number of hydrogen-bond acceptors (Lipinski definition) is 5. The van der Waals surface area contributed by atoms with Gasteiger partial charge in [0.1, 0.15) is 0 Å². The van der Waals surface area contributed by atoms with Gasteiger partial charge in [-0.25, -0.2) is 9.67 Å². The van der Waals surface area contributed by atoms with Crippen LogP contribution in [0.2, 0.25) is 0 Å². The summed E-state index contributed by atoms with van der Waals surface area (Å²) in [6, 6.07) is 9.56. The van der Waals surface area contributed by atoms with Crippen LogP contribution in [0, 0.1) is 0 Å². The van der Waals surface area contributed by atoms with Crippen LogP contribution >= 0.6 is 11.3 Å². The van der Waals surface area contributed by atoms with Gasteiger partial charge in [-0.2, -0.15) is 0 Å². The van der Waals surface area contributed by atoms with E-state index >= 15 is 0 Å². The van der Waals surface area contributed by atoms with Gasteiger partial charge in [-0.3, -0.25) is 10.1 Å². The van der Waals surface area contributed by atoms with Crippen molar-refractivity contribution in [1.82, 2.24) is 20.0 Å². The summed E-state index contributed by atoms with van der Waals surface area (Å²) in [4.78, 5) is 18.0. The van der Waals surface area contributed by atoms with Crippen molar-refractivity contribution in [1.29, 1.82) is 0 Å². The van der Waals surface area contributed by atoms with Crippen LogP contribution in [0.15, 0.2) is 36.5 Å². The highest BCUT2D eigenvalue weighted by Gasteiger charge is 2.19. The van der Waals surface area contributed by atoms with Crippen LogP contribution in [0.4, 0.5) is 5.13 Å². The molecule has 2 aromatic heterocycles. The molecule has 0 atom stereocenters. The molecule has 1 aliphatic carbocycles. The first-order chi connectivity index (χ1) is 10.8. The average Bonchev–Trinajstić information content (AvgIpc) is 3.23. The van der Waals surface area contributed by atoms with Gasteiger partial charge in [0.2, 0.25) is 0 Å². The number of nitrogens with one attached hydrogen (secondary N) is 1. The predicted molar refractivity (Wildman–Crippen MR) is 83.5 cm³/mol. The van der Waals surface area contributed by atoms with E-state index in [0.29, 0.717) is 5.13 Å². The first-order valence-electron chi connectivity index (χ1n) is 7.07. The monoisotopic (exact) mass is 311 g/mol. The number of carbonyl (C=O) groups excluding carboxylic acids is 1. The Hall–Kier alpha value is -2.54. The molecule has 3 aromatic rings. The Balaban J connectivity index is 1.52. The van der Waals surface area contributed by atoms with E-state index < -0.39 is 0 Å². The Labute approximate surface area is 130 Å². The van der Waals surface area contributed by atoms with Gasteiger partial charge < -0.3 is 0 Å². The fourth-order valence-corrected chi connectivity index (χ4v) is 3.52. The van der Waals surface area contributed by atoms with Gasteiger partial charge in [-0.15, -0.1) is 16.4 Å². The highest BCUT2D eigenvalue weighted by Crippen LogP contribution is 2.30. The van der Waals surface area contributed by atoms with Crippen molar-refractivity contribution in [2.45, 2.75) is 19.3 Å². The van der Waals surface area contributed by atoms with E-state index in [0.717, 1.165) is 30.6 Å². The molecule has 2 heterocycles. The maximum Gasteiger partial charge on any atom is 0.279 e. The normalized spacial score (nSPS) is 13.1. The highest BCUT2D eigenvalue weighted by atomic mass is 32.1. The fraction of sp³-hybridized carbons (Fsp3) is 0.200. The quantitative estimate of drug-likeness (QED) is 0.806. The van der Waals surface area contributed by atoms with E-state index in [2.05, 4.69) is 20.6 Å². The number of nitrogens with zero attached hydrogens (tertiary/aromatic N) is 4. The molecule has 0 aliphatic heterocycles. The van der Waals surface area contributed by atoms with E-state index in [-0.39, 0.29) is 11.6 Å². The van der Waals surface area contributed by atoms with Crippen molar-refractivity contribution >= 4 is 22.4 Å². The summed E-state index contributed by atoms with van der Waals surface area (Å²) in [5.74, 6) is -0.283. The van der Waals surface area contributed by atoms with Crippen LogP contribution in [0.25, 0.3) is 5.69 Å². The van der Waals surface area contributed by atoms with Gasteiger partial charge in [0, 0.05) is 4.88 Å². The SMILES string of the molecule is O=C(Nc1nc2c(s1)CCC2)c1cn(-c2ccccc2)nn1. The molecule has 1 aliphatic rings. The third-order valence-electron chi connectivity index (χ3n) is 3.56. The summed E-state index contributed by atoms with van der Waals surface area (Å²) < 4.78 is 1.58. The number of thiazole rings is 1. The summed E-state index contributed by atoms with van der Waals surface area (Å²) in [5, 5.41) is 11.4. The molecule has 1 aromatic carbocycles. The van der Waals surface area contributed by atoms with Gasteiger partial charge >= 0.3 is 0 Å². The predicted octanol–water partition coefficient (Wildman–Crippen LogP) is 2.46. The number of hydrogen-bond donors (Lipinski definition) is 1. The molecule has 0 radical (unpaired) electrons. The standard InChI is InChI=1S/C15H13N5OS/c21-14(17-15-16-11-7-4-8-13(11)22-15)12-9-20(19-18-12)10-5-2-1-3-6-10/h1-3,5-6,9H,4,7-8H2,(H,16,17,21). The lowest BCUT2D eigenvalue weighted by Gasteiger charge is -1.98. The second-order valence-electron chi connectivity index (χ2n) is 5.08. The molecule has 1 amide bonds. The van der Waals surface area contributed by atoms with Crippen molar-refractivity contribution < 1.29 is 4.79 Å². The molecule has 0 bridgehead atoms. The number of carbonyl (C=O) groups is 1. The first kappa shape index (κ1) is 13.1. The number of fused-ring (bicyclic) bond motifs is 1. The van der Waals surface area contributed by atoms with Crippen LogP contribution in [0.1, 0.15) is 27.5 Å². The lowest BCUT2D eigenvalue weighted by molar-refractivity contribution is 0.102. The minimum absolute atomic E-state index is 0.277. The number of para-hydroxylation sites is 1. The Bertz CT molecular complexity index is 802. The van der Waals surface area contributed by atoms with Gasteiger partial charge in [-0.05, 0) is 31.4 Å². The Morgan fingerprint density at radius 1 is 1.23 bits per heavy atom. The van der Waals surface area contributed by atoms with E-state index in [9.17, 15) is 4.79 Å². The third kappa shape index (κ3) is 2.39.